The highest BCUT2D eigenvalue weighted by Gasteiger charge is 2.26. The van der Waals surface area contributed by atoms with E-state index in [1.807, 2.05) is 97.1 Å². The molecule has 268 valence electrons. The maximum absolute atomic E-state index is 14.1. The molecule has 0 saturated carbocycles. The number of nitrogens with one attached hydrogen (secondary N) is 4. The van der Waals surface area contributed by atoms with Gasteiger partial charge in [0.2, 0.25) is 5.91 Å². The van der Waals surface area contributed by atoms with Gasteiger partial charge >= 0.3 is 0 Å². The zero-order chi connectivity index (χ0) is 37.6. The summed E-state index contributed by atoms with van der Waals surface area (Å²) in [4.78, 5) is 58.7. The average molecular weight is 733 g/mol. The lowest BCUT2D eigenvalue weighted by molar-refractivity contribution is -0.116. The smallest absolute Gasteiger partial charge is 0.295 e. The first-order valence-electron chi connectivity index (χ1n) is 17.2. The molecule has 0 aliphatic rings. The molecule has 3 amide bonds. The fourth-order valence-electron chi connectivity index (χ4n) is 6.09. The van der Waals surface area contributed by atoms with E-state index in [9.17, 15) is 19.2 Å². The fraction of sp³-hybridized carbons (Fsp3) is 0.0698. The van der Waals surface area contributed by atoms with Crippen molar-refractivity contribution in [2.75, 3.05) is 10.6 Å². The van der Waals surface area contributed by atoms with Gasteiger partial charge in [-0.1, -0.05) is 91.0 Å². The summed E-state index contributed by atoms with van der Waals surface area (Å²) in [7, 11) is 1.77. The predicted octanol–water partition coefficient (Wildman–Crippen LogP) is 7.85. The van der Waals surface area contributed by atoms with Crippen molar-refractivity contribution < 1.29 is 14.4 Å². The monoisotopic (exact) mass is 732 g/mol. The first kappa shape index (κ1) is 35.5. The number of hydrogen-bond acceptors (Lipinski definition) is 5. The number of amides is 3. The van der Waals surface area contributed by atoms with Crippen LogP contribution in [-0.2, 0) is 16.6 Å². The van der Waals surface area contributed by atoms with E-state index in [1.165, 1.54) is 16.4 Å². The van der Waals surface area contributed by atoms with Gasteiger partial charge in [0.15, 0.2) is 0 Å². The lowest BCUT2D eigenvalue weighted by atomic mass is 10.1. The zero-order valence-corrected chi connectivity index (χ0v) is 30.3. The normalized spacial score (nSPS) is 11.9. The van der Waals surface area contributed by atoms with Crippen molar-refractivity contribution in [3.05, 3.63) is 184 Å². The Morgan fingerprint density at radius 3 is 2.19 bits per heavy atom. The number of aromatic amines is 1. The highest BCUT2D eigenvalue weighted by Crippen LogP contribution is 2.37. The van der Waals surface area contributed by atoms with Gasteiger partial charge in [0.1, 0.15) is 16.6 Å². The molecule has 11 heteroatoms. The number of rotatable bonds is 11. The van der Waals surface area contributed by atoms with Crippen LogP contribution in [0.4, 0.5) is 11.4 Å². The molecule has 1 unspecified atom stereocenters. The molecule has 0 fully saturated rings. The van der Waals surface area contributed by atoms with Gasteiger partial charge in [0.25, 0.3) is 17.4 Å². The van der Waals surface area contributed by atoms with Crippen molar-refractivity contribution in [3.63, 3.8) is 0 Å². The molecule has 0 bridgehead atoms. The van der Waals surface area contributed by atoms with Gasteiger partial charge in [0.05, 0.1) is 11.4 Å². The van der Waals surface area contributed by atoms with Gasteiger partial charge in [-0.25, -0.2) is 4.68 Å². The van der Waals surface area contributed by atoms with Gasteiger partial charge in [-0.15, -0.1) is 11.8 Å². The summed E-state index contributed by atoms with van der Waals surface area (Å²) in [5, 5.41) is 8.79. The first-order valence-corrected chi connectivity index (χ1v) is 18.1. The van der Waals surface area contributed by atoms with Crippen LogP contribution in [-0.4, -0.2) is 32.1 Å². The Morgan fingerprint density at radius 2 is 1.44 bits per heavy atom. The number of nitrogens with zero attached hydrogens (tertiary/aromatic N) is 2. The Balaban J connectivity index is 1.15. The van der Waals surface area contributed by atoms with Crippen LogP contribution in [0.3, 0.4) is 0 Å². The standard InChI is InChI=1S/C43H36N6O4S/c1-28-38(43(53)49(48(28)2)33-20-10-5-11-21-33)47-42(52)39(29-15-6-3-7-16-29)54-34-22-14-19-32(26-34)45-41(51)37(46-40(50)30-17-8-4-9-18-30)25-31-27-44-36-24-13-12-23-35(31)36/h3-27,39,44H,1-2H3,(H,45,51)(H,46,50)(H,47,52)/b37-25-. The molecule has 54 heavy (non-hydrogen) atoms. The number of carbonyl (C=O) groups excluding carboxylic acids is 3. The van der Waals surface area contributed by atoms with Crippen LogP contribution in [0.5, 0.6) is 0 Å². The summed E-state index contributed by atoms with van der Waals surface area (Å²) in [5.74, 6) is -1.33. The Labute approximate surface area is 315 Å². The summed E-state index contributed by atoms with van der Waals surface area (Å²) >= 11 is 1.28. The third-order valence-electron chi connectivity index (χ3n) is 8.94. The molecule has 0 saturated heterocycles. The van der Waals surface area contributed by atoms with Crippen molar-refractivity contribution in [2.45, 2.75) is 17.1 Å². The van der Waals surface area contributed by atoms with Crippen LogP contribution in [0.1, 0.15) is 32.4 Å². The molecule has 0 aliphatic carbocycles. The van der Waals surface area contributed by atoms with E-state index < -0.39 is 17.1 Å². The van der Waals surface area contributed by atoms with E-state index in [-0.39, 0.29) is 22.9 Å². The molecule has 5 aromatic carbocycles. The van der Waals surface area contributed by atoms with Crippen molar-refractivity contribution in [2.24, 2.45) is 7.05 Å². The van der Waals surface area contributed by atoms with Crippen molar-refractivity contribution in [1.29, 1.82) is 0 Å². The zero-order valence-electron chi connectivity index (χ0n) is 29.4. The number of hydrogen-bond donors (Lipinski definition) is 4. The molecule has 0 aliphatic heterocycles. The average Bonchev–Trinajstić information content (AvgIpc) is 3.70. The highest BCUT2D eigenvalue weighted by molar-refractivity contribution is 8.00. The number of thioether (sulfide) groups is 1. The van der Waals surface area contributed by atoms with E-state index >= 15 is 0 Å². The molecular formula is C43H36N6O4S. The second-order valence-electron chi connectivity index (χ2n) is 12.5. The third kappa shape index (κ3) is 7.67. The first-order chi connectivity index (χ1) is 26.3. The Morgan fingerprint density at radius 1 is 0.778 bits per heavy atom. The molecule has 7 rings (SSSR count). The second-order valence-corrected chi connectivity index (χ2v) is 13.7. The molecule has 0 spiro atoms. The molecule has 0 radical (unpaired) electrons. The molecular weight excluding hydrogens is 697 g/mol. The second kappa shape index (κ2) is 15.8. The largest absolute Gasteiger partial charge is 0.361 e. The lowest BCUT2D eigenvalue weighted by Crippen LogP contribution is -2.30. The number of para-hydroxylation sites is 2. The summed E-state index contributed by atoms with van der Waals surface area (Å²) < 4.78 is 3.24. The van der Waals surface area contributed by atoms with Gasteiger partial charge in [-0.05, 0) is 67.1 Å². The molecule has 4 N–H and O–H groups in total. The van der Waals surface area contributed by atoms with Gasteiger partial charge in [-0.3, -0.25) is 23.9 Å². The van der Waals surface area contributed by atoms with E-state index in [4.69, 9.17) is 0 Å². The fourth-order valence-corrected chi connectivity index (χ4v) is 7.18. The van der Waals surface area contributed by atoms with Crippen molar-refractivity contribution in [1.82, 2.24) is 19.7 Å². The van der Waals surface area contributed by atoms with E-state index in [0.717, 1.165) is 22.0 Å². The van der Waals surface area contributed by atoms with Crippen LogP contribution < -0.4 is 21.5 Å². The van der Waals surface area contributed by atoms with Crippen LogP contribution in [0.2, 0.25) is 0 Å². The van der Waals surface area contributed by atoms with E-state index in [2.05, 4.69) is 20.9 Å². The van der Waals surface area contributed by atoms with Gasteiger partial charge in [-0.2, -0.15) is 0 Å². The number of fused-ring (bicyclic) bond motifs is 1. The minimum atomic E-state index is -0.746. The molecule has 2 heterocycles. The summed E-state index contributed by atoms with van der Waals surface area (Å²) in [5.41, 5.74) is 4.41. The molecule has 10 nitrogen and oxygen atoms in total. The van der Waals surface area contributed by atoms with E-state index in [1.54, 1.807) is 73.4 Å². The third-order valence-corrected chi connectivity index (χ3v) is 10.2. The number of H-pyrrole nitrogens is 1. The molecule has 7 aromatic rings. The summed E-state index contributed by atoms with van der Waals surface area (Å²) in [6, 6.07) is 42.0. The maximum Gasteiger partial charge on any atom is 0.295 e. The Kier molecular flexibility index (Phi) is 10.4. The van der Waals surface area contributed by atoms with Crippen LogP contribution >= 0.6 is 11.8 Å². The predicted molar refractivity (Wildman–Crippen MR) is 215 cm³/mol. The lowest BCUT2D eigenvalue weighted by Gasteiger charge is -2.17. The van der Waals surface area contributed by atoms with Gasteiger partial charge in [0, 0.05) is 45.9 Å². The highest BCUT2D eigenvalue weighted by atomic mass is 32.2. The van der Waals surface area contributed by atoms with E-state index in [0.29, 0.717) is 27.5 Å². The Hall–Kier alpha value is -6.85. The Bertz CT molecular complexity index is 2560. The van der Waals surface area contributed by atoms with Crippen LogP contribution in [0, 0.1) is 6.92 Å². The number of carbonyl (C=O) groups is 3. The number of anilines is 2. The molecule has 1 atom stereocenters. The minimum absolute atomic E-state index is 0.0487. The number of aromatic nitrogens is 3. The molecule has 2 aromatic heterocycles. The number of benzene rings is 5. The van der Waals surface area contributed by atoms with Gasteiger partial charge < -0.3 is 20.9 Å². The van der Waals surface area contributed by atoms with Crippen molar-refractivity contribution >= 4 is 57.8 Å². The SMILES string of the molecule is Cc1c(NC(=O)C(Sc2cccc(NC(=O)/C(=C/c3c[nH]c4ccccc34)NC(=O)c3ccccc3)c2)c2ccccc2)c(=O)n(-c2ccccc2)n1C. The van der Waals surface area contributed by atoms with Crippen molar-refractivity contribution in [3.8, 4) is 5.69 Å². The topological polar surface area (TPSA) is 130 Å². The summed E-state index contributed by atoms with van der Waals surface area (Å²) in [6.07, 6.45) is 3.42. The quantitative estimate of drug-likeness (QED) is 0.0796. The maximum atomic E-state index is 14.1. The summed E-state index contributed by atoms with van der Waals surface area (Å²) in [6.45, 7) is 1.79. The van der Waals surface area contributed by atoms with Crippen LogP contribution in [0.25, 0.3) is 22.7 Å². The van der Waals surface area contributed by atoms with Crippen LogP contribution in [0.15, 0.2) is 161 Å². The minimum Gasteiger partial charge on any atom is -0.361 e.